The van der Waals surface area contributed by atoms with Crippen molar-refractivity contribution in [3.63, 3.8) is 0 Å². The Morgan fingerprint density at radius 2 is 1.92 bits per heavy atom. The predicted octanol–water partition coefficient (Wildman–Crippen LogP) is 4.33. The Bertz CT molecular complexity index is 974. The smallest absolute Gasteiger partial charge is 0.289 e. The predicted molar refractivity (Wildman–Crippen MR) is 100 cm³/mol. The van der Waals surface area contributed by atoms with Crippen molar-refractivity contribution in [2.24, 2.45) is 0 Å². The minimum Gasteiger partial charge on any atom is -0.444 e. The van der Waals surface area contributed by atoms with Crippen LogP contribution >= 0.6 is 12.2 Å². The van der Waals surface area contributed by atoms with E-state index in [1.165, 1.54) is 21.8 Å². The van der Waals surface area contributed by atoms with E-state index in [4.69, 9.17) is 21.7 Å². The van der Waals surface area contributed by atoms with Crippen molar-refractivity contribution in [1.29, 1.82) is 0 Å². The third-order valence-corrected chi connectivity index (χ3v) is 4.71. The second-order valence-electron chi connectivity index (χ2n) is 5.81. The molecule has 0 amide bonds. The summed E-state index contributed by atoms with van der Waals surface area (Å²) in [6.45, 7) is 3.46. The lowest BCUT2D eigenvalue weighted by molar-refractivity contribution is 0.00947. The molecule has 122 valence electrons. The number of ether oxygens (including phenoxy) is 2. The van der Waals surface area contributed by atoms with E-state index in [1.54, 1.807) is 4.90 Å². The van der Waals surface area contributed by atoms with E-state index in [-0.39, 0.29) is 0 Å². The van der Waals surface area contributed by atoms with Gasteiger partial charge in [0, 0.05) is 41.5 Å². The molecule has 1 aliphatic heterocycles. The van der Waals surface area contributed by atoms with Crippen LogP contribution in [0.25, 0.3) is 27.9 Å². The first-order valence-electron chi connectivity index (χ1n) is 7.96. The van der Waals surface area contributed by atoms with Crippen molar-refractivity contribution < 1.29 is 9.47 Å². The number of para-hydroxylation sites is 2. The topological polar surface area (TPSA) is 26.6 Å². The van der Waals surface area contributed by atoms with Crippen molar-refractivity contribution in [1.82, 2.24) is 9.47 Å². The van der Waals surface area contributed by atoms with Gasteiger partial charge in [-0.05, 0) is 25.2 Å². The van der Waals surface area contributed by atoms with Crippen LogP contribution in [0.2, 0.25) is 0 Å². The Labute approximate surface area is 145 Å². The lowest BCUT2D eigenvalue weighted by atomic mass is 10.1. The van der Waals surface area contributed by atoms with Crippen LogP contribution in [0.5, 0.6) is 0 Å². The molecule has 4 nitrogen and oxygen atoms in total. The molecule has 0 N–H and O–H groups in total. The number of hydrogen-bond donors (Lipinski definition) is 0. The zero-order valence-electron chi connectivity index (χ0n) is 13.7. The summed E-state index contributed by atoms with van der Waals surface area (Å²) in [7, 11) is 1.84. The standard InChI is InChI=1S/C19H18N2O2S/c1-3-21-16-10-5-4-8-14(16)15-9-6-7-13(18(15)21)11-17-22-12-20(2)19(24)23-17/h4-11H,3,12H2,1-2H3/b17-11+. The van der Waals surface area contributed by atoms with Gasteiger partial charge >= 0.3 is 0 Å². The molecule has 0 bridgehead atoms. The van der Waals surface area contributed by atoms with E-state index >= 15 is 0 Å². The van der Waals surface area contributed by atoms with Gasteiger partial charge in [0.1, 0.15) is 0 Å². The van der Waals surface area contributed by atoms with Gasteiger partial charge in [-0.25, -0.2) is 0 Å². The second-order valence-corrected chi connectivity index (χ2v) is 6.16. The van der Waals surface area contributed by atoms with Gasteiger partial charge in [-0.15, -0.1) is 0 Å². The molecule has 0 unspecified atom stereocenters. The van der Waals surface area contributed by atoms with Crippen molar-refractivity contribution in [3.8, 4) is 0 Å². The van der Waals surface area contributed by atoms with Crippen molar-refractivity contribution in [2.45, 2.75) is 13.5 Å². The normalized spacial score (nSPS) is 16.7. The highest BCUT2D eigenvalue weighted by Crippen LogP contribution is 2.32. The lowest BCUT2D eigenvalue weighted by Crippen LogP contribution is -2.34. The molecule has 1 aromatic heterocycles. The first-order valence-corrected chi connectivity index (χ1v) is 8.37. The summed E-state index contributed by atoms with van der Waals surface area (Å²) in [4.78, 5) is 1.75. The van der Waals surface area contributed by atoms with E-state index in [1.807, 2.05) is 13.1 Å². The Hall–Kier alpha value is -2.53. The van der Waals surface area contributed by atoms with E-state index in [2.05, 4.69) is 54.0 Å². The highest BCUT2D eigenvalue weighted by Gasteiger charge is 2.18. The molecular formula is C19H18N2O2S. The maximum Gasteiger partial charge on any atom is 0.289 e. The molecule has 2 heterocycles. The third-order valence-electron chi connectivity index (χ3n) is 4.31. The molecule has 4 rings (SSSR count). The van der Waals surface area contributed by atoms with Crippen LogP contribution in [-0.2, 0) is 16.0 Å². The van der Waals surface area contributed by atoms with Gasteiger partial charge in [0.15, 0.2) is 6.73 Å². The first-order chi connectivity index (χ1) is 11.7. The minimum atomic E-state index is 0.400. The quantitative estimate of drug-likeness (QED) is 0.650. The number of benzene rings is 2. The Morgan fingerprint density at radius 3 is 2.71 bits per heavy atom. The van der Waals surface area contributed by atoms with E-state index in [0.29, 0.717) is 17.9 Å². The Balaban J connectivity index is 1.92. The van der Waals surface area contributed by atoms with E-state index < -0.39 is 0 Å². The number of hydrogen-bond acceptors (Lipinski definition) is 3. The van der Waals surface area contributed by atoms with Crippen LogP contribution in [0, 0.1) is 0 Å². The van der Waals surface area contributed by atoms with Gasteiger partial charge in [-0.1, -0.05) is 36.4 Å². The van der Waals surface area contributed by atoms with Crippen molar-refractivity contribution in [3.05, 3.63) is 54.0 Å². The number of nitrogens with zero attached hydrogens (tertiary/aromatic N) is 2. The zero-order chi connectivity index (χ0) is 16.7. The number of thiocarbonyl (C=S) groups is 1. The van der Waals surface area contributed by atoms with Gasteiger partial charge < -0.3 is 18.9 Å². The average Bonchev–Trinajstić information content (AvgIpc) is 2.93. The van der Waals surface area contributed by atoms with Crippen molar-refractivity contribution >= 4 is 45.3 Å². The van der Waals surface area contributed by atoms with Crippen LogP contribution in [0.4, 0.5) is 0 Å². The maximum atomic E-state index is 5.63. The van der Waals surface area contributed by atoms with E-state index in [0.717, 1.165) is 12.1 Å². The monoisotopic (exact) mass is 338 g/mol. The van der Waals surface area contributed by atoms with Crippen LogP contribution in [0.3, 0.4) is 0 Å². The van der Waals surface area contributed by atoms with Crippen molar-refractivity contribution in [2.75, 3.05) is 13.8 Å². The summed E-state index contributed by atoms with van der Waals surface area (Å²) >= 11 is 5.20. The van der Waals surface area contributed by atoms with Crippen LogP contribution in [0.15, 0.2) is 48.4 Å². The molecular weight excluding hydrogens is 320 g/mol. The fourth-order valence-corrected chi connectivity index (χ4v) is 3.32. The van der Waals surface area contributed by atoms with Gasteiger partial charge in [-0.3, -0.25) is 0 Å². The Morgan fingerprint density at radius 1 is 1.12 bits per heavy atom. The maximum absolute atomic E-state index is 5.63. The van der Waals surface area contributed by atoms with Gasteiger partial charge in [0.25, 0.3) is 11.1 Å². The molecule has 5 heteroatoms. The number of aromatic nitrogens is 1. The molecule has 0 radical (unpaired) electrons. The van der Waals surface area contributed by atoms with Gasteiger partial charge in [-0.2, -0.15) is 0 Å². The molecule has 1 aliphatic rings. The highest BCUT2D eigenvalue weighted by molar-refractivity contribution is 7.80. The molecule has 0 aliphatic carbocycles. The molecule has 2 aromatic carbocycles. The summed E-state index contributed by atoms with van der Waals surface area (Å²) < 4.78 is 13.5. The van der Waals surface area contributed by atoms with Crippen LogP contribution in [0.1, 0.15) is 12.5 Å². The zero-order valence-corrected chi connectivity index (χ0v) is 14.5. The lowest BCUT2D eigenvalue weighted by Gasteiger charge is -2.26. The molecule has 1 saturated heterocycles. The summed E-state index contributed by atoms with van der Waals surface area (Å²) in [5, 5.41) is 2.92. The summed E-state index contributed by atoms with van der Waals surface area (Å²) in [5.41, 5.74) is 3.49. The largest absolute Gasteiger partial charge is 0.444 e. The molecule has 0 saturated carbocycles. The number of aryl methyl sites for hydroxylation is 1. The van der Waals surface area contributed by atoms with Gasteiger partial charge in [0.05, 0.1) is 5.52 Å². The molecule has 0 atom stereocenters. The fraction of sp³-hybridized carbons (Fsp3) is 0.211. The van der Waals surface area contributed by atoms with Crippen LogP contribution in [-0.4, -0.2) is 28.4 Å². The fourth-order valence-electron chi connectivity index (χ4n) is 3.19. The van der Waals surface area contributed by atoms with Crippen LogP contribution < -0.4 is 0 Å². The Kier molecular flexibility index (Phi) is 3.65. The second kappa shape index (κ2) is 5.83. The summed E-state index contributed by atoms with van der Waals surface area (Å²) in [6, 6.07) is 14.8. The third kappa shape index (κ3) is 2.32. The van der Waals surface area contributed by atoms with Gasteiger partial charge in [0.2, 0.25) is 0 Å². The summed E-state index contributed by atoms with van der Waals surface area (Å²) in [6.07, 6.45) is 1.92. The van der Waals surface area contributed by atoms with E-state index in [9.17, 15) is 0 Å². The molecule has 3 aromatic rings. The average molecular weight is 338 g/mol. The minimum absolute atomic E-state index is 0.400. The summed E-state index contributed by atoms with van der Waals surface area (Å²) in [5.74, 6) is 0.443. The molecule has 0 spiro atoms. The number of rotatable bonds is 2. The molecule has 24 heavy (non-hydrogen) atoms. The first kappa shape index (κ1) is 15.0. The highest BCUT2D eigenvalue weighted by atomic mass is 32.1. The molecule has 1 fully saturated rings. The SMILES string of the molecule is CCn1c2ccccc2c2cccc(/C=C3\OCN(C)C(=S)O3)c21. The number of fused-ring (bicyclic) bond motifs is 3.